The molecule has 0 saturated carbocycles. The second kappa shape index (κ2) is 9.00. The molecule has 0 bridgehead atoms. The van der Waals surface area contributed by atoms with Gasteiger partial charge in [-0.3, -0.25) is 14.4 Å². The van der Waals surface area contributed by atoms with Gasteiger partial charge in [-0.25, -0.2) is 0 Å². The number of carbonyl (C=O) groups is 3. The van der Waals surface area contributed by atoms with Crippen molar-refractivity contribution in [2.24, 2.45) is 5.92 Å². The third-order valence-electron chi connectivity index (χ3n) is 5.39. The molecular weight excluding hydrogens is 448 g/mol. The fourth-order valence-corrected chi connectivity index (χ4v) is 3.82. The van der Waals surface area contributed by atoms with Crippen LogP contribution in [0.5, 0.6) is 0 Å². The number of halogens is 1. The number of anilines is 2. The van der Waals surface area contributed by atoms with Gasteiger partial charge in [0, 0.05) is 28.8 Å². The molecule has 3 rings (SSSR count). The van der Waals surface area contributed by atoms with Crippen molar-refractivity contribution in [2.45, 2.75) is 34.1 Å². The maximum absolute atomic E-state index is 12.5. The van der Waals surface area contributed by atoms with Gasteiger partial charge in [-0.2, -0.15) is 0 Å². The van der Waals surface area contributed by atoms with E-state index in [-0.39, 0.29) is 25.5 Å². The summed E-state index contributed by atoms with van der Waals surface area (Å²) in [5.41, 5.74) is 5.55. The lowest BCUT2D eigenvalue weighted by Gasteiger charge is -2.20. The molecule has 0 spiro atoms. The largest absolute Gasteiger partial charge is 0.455 e. The first-order valence-electron chi connectivity index (χ1n) is 9.77. The monoisotopic (exact) mass is 472 g/mol. The second-order valence-electron chi connectivity index (χ2n) is 7.70. The Hall–Kier alpha value is -2.67. The molecule has 2 amide bonds. The van der Waals surface area contributed by atoms with E-state index in [1.165, 1.54) is 0 Å². The maximum Gasteiger partial charge on any atom is 0.311 e. The Morgan fingerprint density at radius 1 is 1.13 bits per heavy atom. The van der Waals surface area contributed by atoms with Crippen molar-refractivity contribution in [3.05, 3.63) is 57.1 Å². The first kappa shape index (κ1) is 22.0. The number of amides is 2. The van der Waals surface area contributed by atoms with E-state index in [4.69, 9.17) is 4.74 Å². The molecule has 1 N–H and O–H groups in total. The number of hydrogen-bond acceptors (Lipinski definition) is 4. The number of nitrogens with zero attached hydrogens (tertiary/aromatic N) is 1. The number of ether oxygens (including phenoxy) is 1. The Labute approximate surface area is 184 Å². The molecule has 30 heavy (non-hydrogen) atoms. The molecule has 1 heterocycles. The van der Waals surface area contributed by atoms with E-state index >= 15 is 0 Å². The van der Waals surface area contributed by atoms with E-state index in [1.54, 1.807) is 4.90 Å². The summed E-state index contributed by atoms with van der Waals surface area (Å²) in [6.45, 7) is 7.69. The Morgan fingerprint density at radius 2 is 1.80 bits per heavy atom. The Kier molecular flexibility index (Phi) is 6.61. The van der Waals surface area contributed by atoms with Crippen LogP contribution in [0.4, 0.5) is 11.4 Å². The van der Waals surface area contributed by atoms with Crippen molar-refractivity contribution in [2.75, 3.05) is 23.4 Å². The molecule has 1 atom stereocenters. The predicted molar refractivity (Wildman–Crippen MR) is 120 cm³/mol. The van der Waals surface area contributed by atoms with E-state index < -0.39 is 17.8 Å². The van der Waals surface area contributed by atoms with Gasteiger partial charge in [0.2, 0.25) is 5.91 Å². The van der Waals surface area contributed by atoms with Crippen molar-refractivity contribution in [1.29, 1.82) is 0 Å². The highest BCUT2D eigenvalue weighted by Crippen LogP contribution is 2.30. The minimum Gasteiger partial charge on any atom is -0.455 e. The highest BCUT2D eigenvalue weighted by Gasteiger charge is 2.37. The molecule has 1 aliphatic heterocycles. The van der Waals surface area contributed by atoms with Crippen LogP contribution in [-0.2, 0) is 19.1 Å². The fourth-order valence-electron chi connectivity index (χ4n) is 3.60. The summed E-state index contributed by atoms with van der Waals surface area (Å²) >= 11 is 3.49. The number of nitrogens with one attached hydrogen (secondary N) is 1. The highest BCUT2D eigenvalue weighted by molar-refractivity contribution is 9.10. The lowest BCUT2D eigenvalue weighted by molar-refractivity contribution is -0.151. The van der Waals surface area contributed by atoms with Gasteiger partial charge in [0.15, 0.2) is 6.61 Å². The summed E-state index contributed by atoms with van der Waals surface area (Å²) in [6, 6.07) is 9.44. The van der Waals surface area contributed by atoms with Gasteiger partial charge in [0.1, 0.15) is 0 Å². The third kappa shape index (κ3) is 4.73. The van der Waals surface area contributed by atoms with E-state index in [9.17, 15) is 14.4 Å². The van der Waals surface area contributed by atoms with Crippen LogP contribution >= 0.6 is 15.9 Å². The molecular formula is C23H25BrN2O4. The molecule has 0 aromatic heterocycles. The number of rotatable bonds is 5. The molecule has 1 saturated heterocycles. The van der Waals surface area contributed by atoms with Gasteiger partial charge in [0.25, 0.3) is 5.91 Å². The standard InChI is InChI=1S/C23H25BrN2O4/c1-13-6-5-7-19(16(13)4)26-11-17(10-21(26)28)23(29)30-12-20(27)25-18-8-14(2)22(24)15(3)9-18/h5-9,17H,10-12H2,1-4H3,(H,25,27)/t17-/m0/s1. The third-order valence-corrected chi connectivity index (χ3v) is 6.64. The van der Waals surface area contributed by atoms with Gasteiger partial charge in [0.05, 0.1) is 5.92 Å². The zero-order valence-electron chi connectivity index (χ0n) is 17.5. The van der Waals surface area contributed by atoms with Gasteiger partial charge < -0.3 is 15.0 Å². The van der Waals surface area contributed by atoms with Crippen LogP contribution in [-0.4, -0.2) is 30.9 Å². The Morgan fingerprint density at radius 3 is 2.47 bits per heavy atom. The fraction of sp³-hybridized carbons (Fsp3) is 0.348. The van der Waals surface area contributed by atoms with Gasteiger partial charge in [-0.05, 0) is 68.1 Å². The summed E-state index contributed by atoms with van der Waals surface area (Å²) in [5.74, 6) is -1.65. The molecule has 6 nitrogen and oxygen atoms in total. The normalized spacial score (nSPS) is 16.0. The number of esters is 1. The van der Waals surface area contributed by atoms with Crippen molar-refractivity contribution in [1.82, 2.24) is 0 Å². The Balaban J connectivity index is 1.57. The molecule has 1 aliphatic rings. The lowest BCUT2D eigenvalue weighted by Crippen LogP contribution is -2.28. The molecule has 158 valence electrons. The first-order chi connectivity index (χ1) is 14.2. The zero-order chi connectivity index (χ0) is 22.0. The van der Waals surface area contributed by atoms with Crippen LogP contribution in [0.25, 0.3) is 0 Å². The molecule has 1 fully saturated rings. The first-order valence-corrected chi connectivity index (χ1v) is 10.6. The van der Waals surface area contributed by atoms with Crippen LogP contribution in [0, 0.1) is 33.6 Å². The minimum atomic E-state index is -0.581. The van der Waals surface area contributed by atoms with Crippen molar-refractivity contribution in [3.63, 3.8) is 0 Å². The van der Waals surface area contributed by atoms with Crippen LogP contribution < -0.4 is 10.2 Å². The smallest absolute Gasteiger partial charge is 0.311 e. The van der Waals surface area contributed by atoms with Crippen LogP contribution in [0.1, 0.15) is 28.7 Å². The van der Waals surface area contributed by atoms with E-state index in [0.29, 0.717) is 5.69 Å². The van der Waals surface area contributed by atoms with Crippen molar-refractivity contribution in [3.8, 4) is 0 Å². The second-order valence-corrected chi connectivity index (χ2v) is 8.50. The van der Waals surface area contributed by atoms with Crippen LogP contribution in [0.2, 0.25) is 0 Å². The van der Waals surface area contributed by atoms with Crippen LogP contribution in [0.15, 0.2) is 34.8 Å². The SMILES string of the molecule is Cc1cccc(N2C[C@@H](C(=O)OCC(=O)Nc3cc(C)c(Br)c(C)c3)CC2=O)c1C. The summed E-state index contributed by atoms with van der Waals surface area (Å²) in [5, 5.41) is 2.74. The molecule has 7 heteroatoms. The van der Waals surface area contributed by atoms with Gasteiger partial charge in [-0.15, -0.1) is 0 Å². The van der Waals surface area contributed by atoms with Gasteiger partial charge >= 0.3 is 5.97 Å². The van der Waals surface area contributed by atoms with Crippen molar-refractivity contribution < 1.29 is 19.1 Å². The quantitative estimate of drug-likeness (QED) is 0.660. The average molecular weight is 473 g/mol. The lowest BCUT2D eigenvalue weighted by atomic mass is 10.1. The summed E-state index contributed by atoms with van der Waals surface area (Å²) in [6.07, 6.45) is 0.0823. The molecule has 2 aromatic rings. The van der Waals surface area contributed by atoms with Crippen LogP contribution in [0.3, 0.4) is 0 Å². The molecule has 0 unspecified atom stereocenters. The average Bonchev–Trinajstić information content (AvgIpc) is 3.08. The molecule has 0 aliphatic carbocycles. The van der Waals surface area contributed by atoms with E-state index in [0.717, 1.165) is 32.4 Å². The zero-order valence-corrected chi connectivity index (χ0v) is 19.1. The maximum atomic E-state index is 12.5. The van der Waals surface area contributed by atoms with E-state index in [1.807, 2.05) is 58.0 Å². The van der Waals surface area contributed by atoms with Gasteiger partial charge in [-0.1, -0.05) is 28.1 Å². The number of hydrogen-bond donors (Lipinski definition) is 1. The molecule has 2 aromatic carbocycles. The summed E-state index contributed by atoms with van der Waals surface area (Å²) in [4.78, 5) is 38.7. The predicted octanol–water partition coefficient (Wildman–Crippen LogP) is 4.22. The number of aryl methyl sites for hydroxylation is 3. The molecule has 0 radical (unpaired) electrons. The number of benzene rings is 2. The summed E-state index contributed by atoms with van der Waals surface area (Å²) in [7, 11) is 0. The van der Waals surface area contributed by atoms with Crippen molar-refractivity contribution >= 4 is 45.1 Å². The summed E-state index contributed by atoms with van der Waals surface area (Å²) < 4.78 is 6.18. The number of carbonyl (C=O) groups excluding carboxylic acids is 3. The highest BCUT2D eigenvalue weighted by atomic mass is 79.9. The topological polar surface area (TPSA) is 75.7 Å². The Bertz CT molecular complexity index is 995. The van der Waals surface area contributed by atoms with E-state index in [2.05, 4.69) is 21.2 Å². The minimum absolute atomic E-state index is 0.0823.